The van der Waals surface area contributed by atoms with Crippen LogP contribution in [0.2, 0.25) is 0 Å². The zero-order chi connectivity index (χ0) is 14.1. The Morgan fingerprint density at radius 1 is 1.21 bits per heavy atom. The number of unbranched alkanes of at least 4 members (excludes halogenated alkanes) is 1. The predicted octanol–water partition coefficient (Wildman–Crippen LogP) is 1.24. The van der Waals surface area contributed by atoms with Crippen molar-refractivity contribution in [1.82, 2.24) is 5.43 Å². The van der Waals surface area contributed by atoms with E-state index in [1.807, 2.05) is 6.07 Å². The zero-order valence-electron chi connectivity index (χ0n) is 11.3. The van der Waals surface area contributed by atoms with Gasteiger partial charge >= 0.3 is 0 Å². The minimum absolute atomic E-state index is 0.171. The second-order valence-corrected chi connectivity index (χ2v) is 3.86. The van der Waals surface area contributed by atoms with Gasteiger partial charge in [-0.15, -0.1) is 0 Å². The van der Waals surface area contributed by atoms with Crippen LogP contribution in [0.3, 0.4) is 0 Å². The fourth-order valence-corrected chi connectivity index (χ4v) is 1.59. The Morgan fingerprint density at radius 3 is 2.37 bits per heavy atom. The van der Waals surface area contributed by atoms with Crippen LogP contribution in [0.1, 0.15) is 19.3 Å². The second kappa shape index (κ2) is 8.20. The lowest BCUT2D eigenvalue weighted by molar-refractivity contribution is -0.121. The van der Waals surface area contributed by atoms with Gasteiger partial charge in [-0.25, -0.2) is 5.84 Å². The molecule has 0 fully saturated rings. The molecule has 1 aromatic carbocycles. The predicted molar refractivity (Wildman–Crippen MR) is 71.2 cm³/mol. The van der Waals surface area contributed by atoms with Gasteiger partial charge in [-0.3, -0.25) is 10.2 Å². The van der Waals surface area contributed by atoms with E-state index in [2.05, 4.69) is 5.43 Å². The van der Waals surface area contributed by atoms with Gasteiger partial charge in [-0.05, 0) is 25.0 Å². The van der Waals surface area contributed by atoms with Gasteiger partial charge in [0.25, 0.3) is 0 Å². The molecule has 19 heavy (non-hydrogen) atoms. The largest absolute Gasteiger partial charge is 0.493 e. The van der Waals surface area contributed by atoms with Crippen LogP contribution in [-0.4, -0.2) is 26.7 Å². The Morgan fingerprint density at radius 2 is 1.84 bits per heavy atom. The van der Waals surface area contributed by atoms with Crippen molar-refractivity contribution in [3.63, 3.8) is 0 Å². The SMILES string of the molecule is COc1cccc(OC)c1OCCCCC(=O)NN. The Hall–Kier alpha value is -1.95. The molecule has 1 aromatic rings. The number of nitrogens with one attached hydrogen (secondary N) is 1. The summed E-state index contributed by atoms with van der Waals surface area (Å²) in [4.78, 5) is 10.9. The number of hydrogen-bond donors (Lipinski definition) is 2. The summed E-state index contributed by atoms with van der Waals surface area (Å²) in [5.41, 5.74) is 2.09. The van der Waals surface area contributed by atoms with Crippen LogP contribution in [0.15, 0.2) is 18.2 Å². The van der Waals surface area contributed by atoms with Gasteiger partial charge in [-0.2, -0.15) is 0 Å². The summed E-state index contributed by atoms with van der Waals surface area (Å²) >= 11 is 0. The molecule has 0 aromatic heterocycles. The minimum atomic E-state index is -0.171. The maximum absolute atomic E-state index is 10.9. The van der Waals surface area contributed by atoms with E-state index in [0.29, 0.717) is 36.7 Å². The lowest BCUT2D eigenvalue weighted by Crippen LogP contribution is -2.29. The molecule has 0 atom stereocenters. The number of hydrogen-bond acceptors (Lipinski definition) is 5. The molecule has 6 nitrogen and oxygen atoms in total. The summed E-state index contributed by atoms with van der Waals surface area (Å²) in [6.07, 6.45) is 1.85. The van der Waals surface area contributed by atoms with Crippen molar-refractivity contribution < 1.29 is 19.0 Å². The lowest BCUT2D eigenvalue weighted by atomic mass is 10.2. The van der Waals surface area contributed by atoms with E-state index in [1.54, 1.807) is 26.4 Å². The van der Waals surface area contributed by atoms with Gasteiger partial charge in [0.05, 0.1) is 20.8 Å². The smallest absolute Gasteiger partial charge is 0.233 e. The van der Waals surface area contributed by atoms with E-state index in [0.717, 1.165) is 6.42 Å². The first-order valence-electron chi connectivity index (χ1n) is 6.06. The average Bonchev–Trinajstić information content (AvgIpc) is 2.46. The highest BCUT2D eigenvalue weighted by Gasteiger charge is 2.10. The Balaban J connectivity index is 2.46. The molecule has 6 heteroatoms. The highest BCUT2D eigenvalue weighted by atomic mass is 16.5. The zero-order valence-corrected chi connectivity index (χ0v) is 11.3. The third-order valence-electron chi connectivity index (χ3n) is 2.59. The van der Waals surface area contributed by atoms with Crippen molar-refractivity contribution in [2.24, 2.45) is 5.84 Å². The van der Waals surface area contributed by atoms with Crippen LogP contribution in [0.25, 0.3) is 0 Å². The molecule has 3 N–H and O–H groups in total. The summed E-state index contributed by atoms with van der Waals surface area (Å²) in [7, 11) is 3.15. The Bertz CT molecular complexity index is 387. The molecule has 0 unspecified atom stereocenters. The minimum Gasteiger partial charge on any atom is -0.493 e. The van der Waals surface area contributed by atoms with Crippen molar-refractivity contribution in [3.05, 3.63) is 18.2 Å². The van der Waals surface area contributed by atoms with Crippen LogP contribution in [0.5, 0.6) is 17.2 Å². The van der Waals surface area contributed by atoms with Gasteiger partial charge in [0.1, 0.15) is 0 Å². The first-order chi connectivity index (χ1) is 9.22. The number of hydrazine groups is 1. The molecule has 106 valence electrons. The van der Waals surface area contributed by atoms with Gasteiger partial charge in [0.2, 0.25) is 11.7 Å². The summed E-state index contributed by atoms with van der Waals surface area (Å²) in [5.74, 6) is 6.65. The average molecular weight is 268 g/mol. The lowest BCUT2D eigenvalue weighted by Gasteiger charge is -2.13. The number of para-hydroxylation sites is 1. The Kier molecular flexibility index (Phi) is 6.52. The topological polar surface area (TPSA) is 82.8 Å². The summed E-state index contributed by atoms with van der Waals surface area (Å²) in [6, 6.07) is 5.44. The molecular formula is C13H20N2O4. The number of ether oxygens (including phenoxy) is 3. The molecule has 0 aliphatic heterocycles. The fraction of sp³-hybridized carbons (Fsp3) is 0.462. The van der Waals surface area contributed by atoms with Crippen molar-refractivity contribution in [2.45, 2.75) is 19.3 Å². The molecular weight excluding hydrogens is 248 g/mol. The van der Waals surface area contributed by atoms with Crippen LogP contribution in [0, 0.1) is 0 Å². The molecule has 0 saturated carbocycles. The molecule has 0 saturated heterocycles. The van der Waals surface area contributed by atoms with E-state index >= 15 is 0 Å². The molecule has 0 radical (unpaired) electrons. The van der Waals surface area contributed by atoms with E-state index in [4.69, 9.17) is 20.1 Å². The molecule has 1 rings (SSSR count). The number of benzene rings is 1. The summed E-state index contributed by atoms with van der Waals surface area (Å²) in [6.45, 7) is 0.481. The third-order valence-corrected chi connectivity index (χ3v) is 2.59. The quantitative estimate of drug-likeness (QED) is 0.321. The van der Waals surface area contributed by atoms with Crippen molar-refractivity contribution in [3.8, 4) is 17.2 Å². The summed E-state index contributed by atoms with van der Waals surface area (Å²) < 4.78 is 16.1. The normalized spacial score (nSPS) is 9.84. The van der Waals surface area contributed by atoms with Crippen LogP contribution in [0.4, 0.5) is 0 Å². The monoisotopic (exact) mass is 268 g/mol. The molecule has 0 spiro atoms. The van der Waals surface area contributed by atoms with Gasteiger partial charge in [0.15, 0.2) is 11.5 Å². The maximum Gasteiger partial charge on any atom is 0.233 e. The van der Waals surface area contributed by atoms with E-state index in [9.17, 15) is 4.79 Å². The van der Waals surface area contributed by atoms with Crippen LogP contribution >= 0.6 is 0 Å². The summed E-state index contributed by atoms with van der Waals surface area (Å²) in [5, 5.41) is 0. The maximum atomic E-state index is 10.9. The number of methoxy groups -OCH3 is 2. The number of rotatable bonds is 8. The van der Waals surface area contributed by atoms with Gasteiger partial charge in [0, 0.05) is 6.42 Å². The fourth-order valence-electron chi connectivity index (χ4n) is 1.59. The molecule has 1 amide bonds. The number of nitrogens with two attached hydrogens (primary N) is 1. The molecule has 0 aliphatic rings. The number of carbonyl (C=O) groups is 1. The molecule has 0 aliphatic carbocycles. The van der Waals surface area contributed by atoms with E-state index in [-0.39, 0.29) is 5.91 Å². The van der Waals surface area contributed by atoms with Crippen molar-refractivity contribution in [1.29, 1.82) is 0 Å². The van der Waals surface area contributed by atoms with Gasteiger partial charge < -0.3 is 14.2 Å². The molecule has 0 heterocycles. The van der Waals surface area contributed by atoms with Crippen LogP contribution < -0.4 is 25.5 Å². The first kappa shape index (κ1) is 15.1. The first-order valence-corrected chi connectivity index (χ1v) is 6.06. The Labute approximate surface area is 112 Å². The number of carbonyl (C=O) groups excluding carboxylic acids is 1. The van der Waals surface area contributed by atoms with E-state index in [1.165, 1.54) is 0 Å². The molecule has 0 bridgehead atoms. The highest BCUT2D eigenvalue weighted by Crippen LogP contribution is 2.36. The third kappa shape index (κ3) is 4.67. The standard InChI is InChI=1S/C13H20N2O4/c1-17-10-6-5-7-11(18-2)13(10)19-9-4-3-8-12(16)15-14/h5-7H,3-4,8-9,14H2,1-2H3,(H,15,16). The van der Waals surface area contributed by atoms with E-state index < -0.39 is 0 Å². The second-order valence-electron chi connectivity index (χ2n) is 3.86. The highest BCUT2D eigenvalue weighted by molar-refractivity contribution is 5.75. The number of amides is 1. The van der Waals surface area contributed by atoms with Crippen molar-refractivity contribution >= 4 is 5.91 Å². The van der Waals surface area contributed by atoms with Crippen LogP contribution in [-0.2, 0) is 4.79 Å². The van der Waals surface area contributed by atoms with Crippen molar-refractivity contribution in [2.75, 3.05) is 20.8 Å². The van der Waals surface area contributed by atoms with Gasteiger partial charge in [-0.1, -0.05) is 6.07 Å².